The molecule has 0 saturated heterocycles. The number of carbonyl (C=O) groups excluding carboxylic acids is 1. The Balaban J connectivity index is 4.41. The van der Waals surface area contributed by atoms with Crippen LogP contribution in [0.2, 0.25) is 0 Å². The zero-order chi connectivity index (χ0) is 35.8. The van der Waals surface area contributed by atoms with Gasteiger partial charge in [-0.25, -0.2) is 0 Å². The predicted octanol–water partition coefficient (Wildman–Crippen LogP) is 10.0. The first kappa shape index (κ1) is 47.5. The van der Waals surface area contributed by atoms with Gasteiger partial charge in [-0.2, -0.15) is 0 Å². The third kappa shape index (κ3) is 34.0. The molecule has 0 aromatic rings. The molecule has 0 aromatic heterocycles. The summed E-state index contributed by atoms with van der Waals surface area (Å²) in [5.74, 6) is -0.164. The molecule has 0 spiro atoms. The fourth-order valence-corrected chi connectivity index (χ4v) is 6.76. The van der Waals surface area contributed by atoms with Crippen LogP contribution in [0.4, 0.5) is 0 Å². The standard InChI is InChI=1S/C39H81N2O6P/c1-6-8-10-12-14-16-18-20-22-24-26-28-30-32-38(42)37(36-47-48(44,45)46-35-34-41(3,4)5)40-39(43)33-31-29-27-25-23-21-19-17-15-13-11-9-7-2/h37-38,42H,6-36H2,1-5H3,(H-,40,43,44,45)/t37-,38+/m0/s1. The molecule has 0 aliphatic carbocycles. The first-order valence-corrected chi connectivity index (χ1v) is 21.8. The van der Waals surface area contributed by atoms with E-state index < -0.39 is 20.0 Å². The average molecular weight is 705 g/mol. The molecule has 0 aliphatic rings. The second kappa shape index (κ2) is 32.4. The maximum Gasteiger partial charge on any atom is 0.268 e. The Bertz CT molecular complexity index is 763. The lowest BCUT2D eigenvalue weighted by Crippen LogP contribution is -2.46. The molecule has 3 atom stereocenters. The summed E-state index contributed by atoms with van der Waals surface area (Å²) in [4.78, 5) is 25.2. The number of aliphatic hydroxyl groups excluding tert-OH is 1. The molecule has 1 unspecified atom stereocenters. The van der Waals surface area contributed by atoms with Gasteiger partial charge in [-0.3, -0.25) is 9.36 Å². The van der Waals surface area contributed by atoms with Gasteiger partial charge in [0.1, 0.15) is 13.2 Å². The molecule has 2 N–H and O–H groups in total. The number of hydrogen-bond acceptors (Lipinski definition) is 6. The van der Waals surface area contributed by atoms with Gasteiger partial charge < -0.3 is 28.8 Å². The van der Waals surface area contributed by atoms with Crippen LogP contribution < -0.4 is 10.2 Å². The highest BCUT2D eigenvalue weighted by Crippen LogP contribution is 2.38. The number of unbranched alkanes of at least 4 members (excludes halogenated alkanes) is 24. The maximum atomic E-state index is 12.8. The number of phosphoric ester groups is 1. The van der Waals surface area contributed by atoms with E-state index in [9.17, 15) is 19.4 Å². The summed E-state index contributed by atoms with van der Waals surface area (Å²) < 4.78 is 23.2. The number of quaternary nitrogens is 1. The second-order valence-electron chi connectivity index (χ2n) is 15.4. The van der Waals surface area contributed by atoms with E-state index in [1.54, 1.807) is 0 Å². The number of likely N-dealkylation sites (N-methyl/N-ethyl adjacent to an activating group) is 1. The molecule has 9 heteroatoms. The quantitative estimate of drug-likeness (QED) is 0.0379. The second-order valence-corrected chi connectivity index (χ2v) is 16.8. The number of amides is 1. The molecule has 0 saturated carbocycles. The highest BCUT2D eigenvalue weighted by molar-refractivity contribution is 7.45. The van der Waals surface area contributed by atoms with E-state index in [1.807, 2.05) is 21.1 Å². The van der Waals surface area contributed by atoms with Gasteiger partial charge in [0.05, 0.1) is 39.9 Å². The molecule has 0 rings (SSSR count). The molecular formula is C39H81N2O6P. The molecule has 0 radical (unpaired) electrons. The molecular weight excluding hydrogens is 623 g/mol. The van der Waals surface area contributed by atoms with Crippen LogP contribution in [0.15, 0.2) is 0 Å². The normalized spacial score (nSPS) is 14.6. The summed E-state index contributed by atoms with van der Waals surface area (Å²) in [5.41, 5.74) is 0. The topological polar surface area (TPSA) is 108 Å². The van der Waals surface area contributed by atoms with E-state index in [2.05, 4.69) is 19.2 Å². The van der Waals surface area contributed by atoms with Crippen molar-refractivity contribution in [2.24, 2.45) is 0 Å². The summed E-state index contributed by atoms with van der Waals surface area (Å²) >= 11 is 0. The van der Waals surface area contributed by atoms with E-state index in [0.29, 0.717) is 23.9 Å². The van der Waals surface area contributed by atoms with Crippen LogP contribution >= 0.6 is 7.82 Å². The number of phosphoric acid groups is 1. The maximum absolute atomic E-state index is 12.8. The number of nitrogens with one attached hydrogen (secondary N) is 1. The molecule has 8 nitrogen and oxygen atoms in total. The number of nitrogens with zero attached hydrogens (tertiary/aromatic N) is 1. The Morgan fingerprint density at radius 3 is 1.42 bits per heavy atom. The molecule has 0 heterocycles. The summed E-state index contributed by atoms with van der Waals surface area (Å²) in [6, 6.07) is -0.791. The van der Waals surface area contributed by atoms with Crippen LogP contribution in [0, 0.1) is 0 Å². The predicted molar refractivity (Wildman–Crippen MR) is 201 cm³/mol. The Morgan fingerprint density at radius 1 is 0.646 bits per heavy atom. The molecule has 0 aromatic carbocycles. The lowest BCUT2D eigenvalue weighted by Gasteiger charge is -2.30. The number of aliphatic hydroxyl groups is 1. The third-order valence-electron chi connectivity index (χ3n) is 9.35. The van der Waals surface area contributed by atoms with Crippen LogP contribution in [-0.2, 0) is 18.4 Å². The molecule has 0 fully saturated rings. The fourth-order valence-electron chi connectivity index (χ4n) is 6.04. The molecule has 1 amide bonds. The van der Waals surface area contributed by atoms with Crippen LogP contribution in [0.25, 0.3) is 0 Å². The van der Waals surface area contributed by atoms with E-state index in [4.69, 9.17) is 9.05 Å². The van der Waals surface area contributed by atoms with Gasteiger partial charge in [-0.1, -0.05) is 174 Å². The van der Waals surface area contributed by atoms with Gasteiger partial charge in [0, 0.05) is 6.42 Å². The van der Waals surface area contributed by atoms with Crippen molar-refractivity contribution in [1.82, 2.24) is 5.32 Å². The zero-order valence-corrected chi connectivity index (χ0v) is 33.4. The first-order valence-electron chi connectivity index (χ1n) is 20.4. The number of carbonyl (C=O) groups is 1. The molecule has 288 valence electrons. The van der Waals surface area contributed by atoms with E-state index in [0.717, 1.165) is 38.5 Å². The van der Waals surface area contributed by atoms with Crippen molar-refractivity contribution < 1.29 is 32.9 Å². The van der Waals surface area contributed by atoms with Gasteiger partial charge in [0.15, 0.2) is 0 Å². The largest absolute Gasteiger partial charge is 0.756 e. The van der Waals surface area contributed by atoms with Crippen molar-refractivity contribution >= 4 is 13.7 Å². The van der Waals surface area contributed by atoms with Crippen LogP contribution in [-0.4, -0.2) is 68.5 Å². The van der Waals surface area contributed by atoms with Crippen LogP contribution in [0.1, 0.15) is 194 Å². The van der Waals surface area contributed by atoms with Crippen LogP contribution in [0.5, 0.6) is 0 Å². The SMILES string of the molecule is CCCCCCCCCCCCCCCC(=O)N[C@@H](COP(=O)([O-])OCC[N+](C)(C)C)[C@H](O)CCCCCCCCCCCCCCC. The Hall–Kier alpha value is -0.500. The average Bonchev–Trinajstić information content (AvgIpc) is 3.02. The Kier molecular flexibility index (Phi) is 32.1. The van der Waals surface area contributed by atoms with Gasteiger partial charge in [0.2, 0.25) is 5.91 Å². The Labute approximate surface area is 298 Å². The highest BCUT2D eigenvalue weighted by atomic mass is 31.2. The monoisotopic (exact) mass is 705 g/mol. The summed E-state index contributed by atoms with van der Waals surface area (Å²) in [6.07, 6.45) is 32.3. The smallest absolute Gasteiger partial charge is 0.268 e. The molecule has 0 aliphatic heterocycles. The van der Waals surface area contributed by atoms with E-state index in [1.165, 1.54) is 128 Å². The van der Waals surface area contributed by atoms with Gasteiger partial charge in [-0.15, -0.1) is 0 Å². The molecule has 48 heavy (non-hydrogen) atoms. The van der Waals surface area contributed by atoms with Gasteiger partial charge in [-0.05, 0) is 12.8 Å². The van der Waals surface area contributed by atoms with Crippen molar-refractivity contribution in [3.05, 3.63) is 0 Å². The number of hydrogen-bond donors (Lipinski definition) is 2. The minimum Gasteiger partial charge on any atom is -0.756 e. The first-order chi connectivity index (χ1) is 23.0. The minimum absolute atomic E-state index is 0.0157. The third-order valence-corrected chi connectivity index (χ3v) is 10.3. The minimum atomic E-state index is -4.55. The van der Waals surface area contributed by atoms with Gasteiger partial charge >= 0.3 is 0 Å². The van der Waals surface area contributed by atoms with Crippen molar-refractivity contribution in [1.29, 1.82) is 0 Å². The van der Waals surface area contributed by atoms with Crippen molar-refractivity contribution in [3.63, 3.8) is 0 Å². The van der Waals surface area contributed by atoms with E-state index >= 15 is 0 Å². The summed E-state index contributed by atoms with van der Waals surface area (Å²) in [5, 5.41) is 13.8. The fraction of sp³-hybridized carbons (Fsp3) is 0.974. The van der Waals surface area contributed by atoms with Crippen molar-refractivity contribution in [3.8, 4) is 0 Å². The Morgan fingerprint density at radius 2 is 1.02 bits per heavy atom. The lowest BCUT2D eigenvalue weighted by molar-refractivity contribution is -0.870. The highest BCUT2D eigenvalue weighted by Gasteiger charge is 2.24. The summed E-state index contributed by atoms with van der Waals surface area (Å²) in [6.45, 7) is 4.71. The lowest BCUT2D eigenvalue weighted by atomic mass is 10.0. The summed E-state index contributed by atoms with van der Waals surface area (Å²) in [7, 11) is 1.31. The number of rotatable bonds is 37. The molecule has 0 bridgehead atoms. The van der Waals surface area contributed by atoms with Gasteiger partial charge in [0.25, 0.3) is 7.82 Å². The zero-order valence-electron chi connectivity index (χ0n) is 32.5. The van der Waals surface area contributed by atoms with Crippen LogP contribution in [0.3, 0.4) is 0 Å². The van der Waals surface area contributed by atoms with Crippen molar-refractivity contribution in [2.75, 3.05) is 40.9 Å². The van der Waals surface area contributed by atoms with Crippen molar-refractivity contribution in [2.45, 2.75) is 206 Å². The van der Waals surface area contributed by atoms with E-state index in [-0.39, 0.29) is 19.1 Å².